The van der Waals surface area contributed by atoms with Gasteiger partial charge in [-0.3, -0.25) is 4.90 Å². The molecule has 0 amide bonds. The SMILES string of the molecule is CC(C)(F)C(c1cc(F)cc(Br)c1)C1CN(C(c2ccc(Cl)cc2)c2cccc(C#N)c2)C1. The van der Waals surface area contributed by atoms with E-state index in [1.165, 1.54) is 12.1 Å². The summed E-state index contributed by atoms with van der Waals surface area (Å²) in [7, 11) is 0. The highest BCUT2D eigenvalue weighted by molar-refractivity contribution is 9.10. The van der Waals surface area contributed by atoms with E-state index in [0.29, 0.717) is 33.7 Å². The minimum absolute atomic E-state index is 0.0210. The van der Waals surface area contributed by atoms with Crippen LogP contribution in [-0.4, -0.2) is 23.7 Å². The van der Waals surface area contributed by atoms with Crippen molar-refractivity contribution in [1.82, 2.24) is 4.90 Å². The monoisotopic (exact) mass is 528 g/mol. The third kappa shape index (κ3) is 5.30. The lowest BCUT2D eigenvalue weighted by Gasteiger charge is -2.50. The van der Waals surface area contributed by atoms with E-state index in [1.54, 1.807) is 19.9 Å². The average molecular weight is 530 g/mol. The zero-order valence-corrected chi connectivity index (χ0v) is 20.7. The van der Waals surface area contributed by atoms with Gasteiger partial charge in [0.25, 0.3) is 0 Å². The first-order valence-corrected chi connectivity index (χ1v) is 12.0. The van der Waals surface area contributed by atoms with Crippen LogP contribution in [0.15, 0.2) is 71.2 Å². The molecule has 1 aliphatic rings. The number of nitrogens with zero attached hydrogens (tertiary/aromatic N) is 2. The van der Waals surface area contributed by atoms with E-state index in [0.717, 1.165) is 11.1 Å². The van der Waals surface area contributed by atoms with E-state index in [1.807, 2.05) is 48.5 Å². The molecular weight excluding hydrogens is 506 g/mol. The number of rotatable bonds is 6. The number of halogens is 4. The van der Waals surface area contributed by atoms with Crippen LogP contribution in [0.1, 0.15) is 48.1 Å². The molecule has 1 aliphatic heterocycles. The van der Waals surface area contributed by atoms with Gasteiger partial charge in [-0.05, 0) is 78.9 Å². The molecule has 0 N–H and O–H groups in total. The summed E-state index contributed by atoms with van der Waals surface area (Å²) >= 11 is 9.46. The highest BCUT2D eigenvalue weighted by Crippen LogP contribution is 2.46. The van der Waals surface area contributed by atoms with E-state index in [4.69, 9.17) is 11.6 Å². The first-order chi connectivity index (χ1) is 15.7. The molecule has 0 radical (unpaired) electrons. The summed E-state index contributed by atoms with van der Waals surface area (Å²) in [5.41, 5.74) is 1.79. The van der Waals surface area contributed by atoms with Crippen molar-refractivity contribution in [3.63, 3.8) is 0 Å². The predicted octanol–water partition coefficient (Wildman–Crippen LogP) is 7.67. The van der Waals surface area contributed by atoms with Crippen molar-refractivity contribution in [1.29, 1.82) is 5.26 Å². The highest BCUT2D eigenvalue weighted by atomic mass is 79.9. The third-order valence-electron chi connectivity index (χ3n) is 6.28. The second-order valence-corrected chi connectivity index (χ2v) is 10.5. The summed E-state index contributed by atoms with van der Waals surface area (Å²) < 4.78 is 30.1. The Labute approximate surface area is 206 Å². The van der Waals surface area contributed by atoms with Gasteiger partial charge in [-0.2, -0.15) is 5.26 Å². The zero-order valence-electron chi connectivity index (χ0n) is 18.4. The van der Waals surface area contributed by atoms with Crippen molar-refractivity contribution in [2.24, 2.45) is 5.92 Å². The molecule has 1 saturated heterocycles. The molecular formula is C27H24BrClF2N2. The molecule has 0 bridgehead atoms. The van der Waals surface area contributed by atoms with Crippen molar-refractivity contribution in [2.45, 2.75) is 31.5 Å². The highest BCUT2D eigenvalue weighted by Gasteiger charge is 2.45. The number of nitriles is 1. The molecule has 33 heavy (non-hydrogen) atoms. The van der Waals surface area contributed by atoms with Crippen molar-refractivity contribution in [3.05, 3.63) is 104 Å². The minimum atomic E-state index is -1.51. The van der Waals surface area contributed by atoms with Crippen LogP contribution in [0.4, 0.5) is 8.78 Å². The Bertz CT molecular complexity index is 1160. The first-order valence-electron chi connectivity index (χ1n) is 10.8. The van der Waals surface area contributed by atoms with Gasteiger partial charge in [-0.25, -0.2) is 8.78 Å². The fraction of sp³-hybridized carbons (Fsp3) is 0.296. The number of likely N-dealkylation sites (tertiary alicyclic amines) is 1. The number of hydrogen-bond acceptors (Lipinski definition) is 2. The van der Waals surface area contributed by atoms with Gasteiger partial charge in [0.15, 0.2) is 0 Å². The maximum atomic E-state index is 15.4. The predicted molar refractivity (Wildman–Crippen MR) is 132 cm³/mol. The van der Waals surface area contributed by atoms with Crippen molar-refractivity contribution in [2.75, 3.05) is 13.1 Å². The molecule has 3 aromatic rings. The quantitative estimate of drug-likeness (QED) is 0.328. The Morgan fingerprint density at radius 3 is 2.33 bits per heavy atom. The Kier molecular flexibility index (Phi) is 6.91. The minimum Gasteiger partial charge on any atom is -0.292 e. The standard InChI is InChI=1S/C27H24BrClF2N2/c1-27(2,31)25(20-11-22(28)13-24(30)12-20)21-15-33(16-21)26(18-6-8-23(29)9-7-18)19-5-3-4-17(10-19)14-32/h3-13,21,25-26H,15-16H2,1-2H3. The van der Waals surface area contributed by atoms with Crippen LogP contribution in [0.5, 0.6) is 0 Å². The molecule has 0 aliphatic carbocycles. The van der Waals surface area contributed by atoms with E-state index < -0.39 is 11.6 Å². The summed E-state index contributed by atoms with van der Waals surface area (Å²) in [5.74, 6) is -0.804. The molecule has 0 spiro atoms. The van der Waals surface area contributed by atoms with Crippen LogP contribution >= 0.6 is 27.5 Å². The first kappa shape index (κ1) is 23.9. The van der Waals surface area contributed by atoms with Crippen LogP contribution < -0.4 is 0 Å². The van der Waals surface area contributed by atoms with Crippen molar-refractivity contribution < 1.29 is 8.78 Å². The number of hydrogen-bond donors (Lipinski definition) is 0. The second kappa shape index (κ2) is 9.54. The lowest BCUT2D eigenvalue weighted by Crippen LogP contribution is -2.53. The van der Waals surface area contributed by atoms with Crippen LogP contribution in [0.3, 0.4) is 0 Å². The third-order valence-corrected chi connectivity index (χ3v) is 6.99. The largest absolute Gasteiger partial charge is 0.292 e. The maximum Gasteiger partial charge on any atom is 0.124 e. The summed E-state index contributed by atoms with van der Waals surface area (Å²) in [5, 5.41) is 10.0. The van der Waals surface area contributed by atoms with Crippen LogP contribution in [0.2, 0.25) is 5.02 Å². The van der Waals surface area contributed by atoms with E-state index in [2.05, 4.69) is 26.9 Å². The summed E-state index contributed by atoms with van der Waals surface area (Å²) in [4.78, 5) is 2.28. The fourth-order valence-electron chi connectivity index (χ4n) is 4.99. The van der Waals surface area contributed by atoms with Crippen molar-refractivity contribution in [3.8, 4) is 6.07 Å². The Balaban J connectivity index is 1.65. The lowest BCUT2D eigenvalue weighted by molar-refractivity contribution is 0.00811. The molecule has 4 rings (SSSR count). The Morgan fingerprint density at radius 2 is 1.73 bits per heavy atom. The van der Waals surface area contributed by atoms with Crippen LogP contribution in [-0.2, 0) is 0 Å². The van der Waals surface area contributed by atoms with Gasteiger partial charge in [-0.15, -0.1) is 0 Å². The van der Waals surface area contributed by atoms with Gasteiger partial charge in [0.1, 0.15) is 11.5 Å². The molecule has 0 saturated carbocycles. The zero-order chi connectivity index (χ0) is 23.8. The van der Waals surface area contributed by atoms with Crippen LogP contribution in [0.25, 0.3) is 0 Å². The van der Waals surface area contributed by atoms with Crippen molar-refractivity contribution >= 4 is 27.5 Å². The summed E-state index contributed by atoms with van der Waals surface area (Å²) in [6.45, 7) is 4.42. The van der Waals surface area contributed by atoms with E-state index in [9.17, 15) is 9.65 Å². The maximum absolute atomic E-state index is 15.4. The lowest BCUT2D eigenvalue weighted by atomic mass is 9.72. The van der Waals surface area contributed by atoms with E-state index in [-0.39, 0.29) is 17.8 Å². The van der Waals surface area contributed by atoms with Gasteiger partial charge in [0.2, 0.25) is 0 Å². The van der Waals surface area contributed by atoms with Gasteiger partial charge < -0.3 is 0 Å². The number of benzene rings is 3. The molecule has 6 heteroatoms. The molecule has 2 nitrogen and oxygen atoms in total. The Hall–Kier alpha value is -2.26. The smallest absolute Gasteiger partial charge is 0.124 e. The molecule has 2 atom stereocenters. The second-order valence-electron chi connectivity index (χ2n) is 9.15. The molecule has 1 fully saturated rings. The van der Waals surface area contributed by atoms with Gasteiger partial charge in [0.05, 0.1) is 17.7 Å². The molecule has 3 aromatic carbocycles. The van der Waals surface area contributed by atoms with Crippen LogP contribution in [0, 0.1) is 23.1 Å². The topological polar surface area (TPSA) is 27.0 Å². The van der Waals surface area contributed by atoms with Gasteiger partial charge in [-0.1, -0.05) is 51.8 Å². The van der Waals surface area contributed by atoms with Gasteiger partial charge in [0, 0.05) is 28.5 Å². The summed E-state index contributed by atoms with van der Waals surface area (Å²) in [6, 6.07) is 22.0. The fourth-order valence-corrected chi connectivity index (χ4v) is 5.60. The van der Waals surface area contributed by atoms with E-state index >= 15 is 4.39 Å². The molecule has 1 heterocycles. The normalized spacial score (nSPS) is 16.6. The Morgan fingerprint density at radius 1 is 1.03 bits per heavy atom. The van der Waals surface area contributed by atoms with Gasteiger partial charge >= 0.3 is 0 Å². The average Bonchev–Trinajstić information content (AvgIpc) is 2.72. The molecule has 170 valence electrons. The molecule has 0 aromatic heterocycles. The summed E-state index contributed by atoms with van der Waals surface area (Å²) in [6.07, 6.45) is 0. The molecule has 2 unspecified atom stereocenters. The number of alkyl halides is 1.